The van der Waals surface area contributed by atoms with Gasteiger partial charge in [0.25, 0.3) is 0 Å². The van der Waals surface area contributed by atoms with E-state index in [-0.39, 0.29) is 6.03 Å². The number of anilines is 2. The third kappa shape index (κ3) is 4.04. The molecule has 0 saturated heterocycles. The number of nitrogens with zero attached hydrogens (tertiary/aromatic N) is 1. The average molecular weight is 336 g/mol. The molecule has 1 heterocycles. The van der Waals surface area contributed by atoms with Gasteiger partial charge in [-0.25, -0.2) is 9.78 Å². The van der Waals surface area contributed by atoms with E-state index < -0.39 is 0 Å². The van der Waals surface area contributed by atoms with Gasteiger partial charge in [0.15, 0.2) is 11.5 Å². The zero-order valence-electron chi connectivity index (χ0n) is 13.4. The van der Waals surface area contributed by atoms with Crippen molar-refractivity contribution >= 4 is 29.0 Å². The second-order valence-corrected chi connectivity index (χ2v) is 5.31. The Morgan fingerprint density at radius 1 is 1.00 bits per heavy atom. The molecule has 2 amide bonds. The van der Waals surface area contributed by atoms with E-state index in [1.165, 1.54) is 0 Å². The first-order valence-corrected chi connectivity index (χ1v) is 7.25. The minimum atomic E-state index is -0.384. The molecular formula is C16H18ClN3O3. The van der Waals surface area contributed by atoms with E-state index in [1.807, 2.05) is 13.8 Å². The van der Waals surface area contributed by atoms with Crippen molar-refractivity contribution in [3.05, 3.63) is 40.7 Å². The molecular weight excluding hydrogens is 318 g/mol. The number of urea groups is 1. The zero-order valence-corrected chi connectivity index (χ0v) is 14.1. The monoisotopic (exact) mass is 335 g/mol. The van der Waals surface area contributed by atoms with Crippen LogP contribution < -0.4 is 20.1 Å². The molecule has 2 rings (SSSR count). The first-order valence-electron chi connectivity index (χ1n) is 6.87. The standard InChI is InChI=1S/C16H18ClN3O3/c1-9-5-13(22-3)14(23-4)6-11(9)19-16(21)20-12-7-15(17)18-8-10(12)2/h5-8H,1-4H3,(H2,18,19,20,21). The van der Waals surface area contributed by atoms with Gasteiger partial charge in [0, 0.05) is 23.6 Å². The molecule has 0 aliphatic rings. The van der Waals surface area contributed by atoms with Crippen LogP contribution in [0.3, 0.4) is 0 Å². The highest BCUT2D eigenvalue weighted by Crippen LogP contribution is 2.33. The largest absolute Gasteiger partial charge is 0.493 e. The highest BCUT2D eigenvalue weighted by molar-refractivity contribution is 6.29. The first-order chi connectivity index (χ1) is 10.9. The number of pyridine rings is 1. The maximum atomic E-state index is 12.2. The van der Waals surface area contributed by atoms with Crippen molar-refractivity contribution in [1.29, 1.82) is 0 Å². The van der Waals surface area contributed by atoms with E-state index in [4.69, 9.17) is 21.1 Å². The fourth-order valence-corrected chi connectivity index (χ4v) is 2.18. The third-order valence-electron chi connectivity index (χ3n) is 3.30. The molecule has 0 radical (unpaired) electrons. The Hall–Kier alpha value is -2.47. The quantitative estimate of drug-likeness (QED) is 0.828. The smallest absolute Gasteiger partial charge is 0.323 e. The summed E-state index contributed by atoms with van der Waals surface area (Å²) in [6.45, 7) is 3.70. The van der Waals surface area contributed by atoms with Gasteiger partial charge >= 0.3 is 6.03 Å². The van der Waals surface area contributed by atoms with Gasteiger partial charge in [-0.05, 0) is 37.1 Å². The number of ether oxygens (including phenoxy) is 2. The summed E-state index contributed by atoms with van der Waals surface area (Å²) in [4.78, 5) is 16.1. The number of benzene rings is 1. The Balaban J connectivity index is 2.18. The van der Waals surface area contributed by atoms with E-state index >= 15 is 0 Å². The van der Waals surface area contributed by atoms with Crippen LogP contribution in [-0.4, -0.2) is 25.2 Å². The van der Waals surface area contributed by atoms with Gasteiger partial charge in [-0.2, -0.15) is 0 Å². The Bertz CT molecular complexity index is 735. The van der Waals surface area contributed by atoms with Crippen LogP contribution in [0.2, 0.25) is 5.15 Å². The summed E-state index contributed by atoms with van der Waals surface area (Å²) >= 11 is 5.85. The van der Waals surface area contributed by atoms with E-state index in [0.29, 0.717) is 28.0 Å². The van der Waals surface area contributed by atoms with Gasteiger partial charge < -0.3 is 20.1 Å². The molecule has 7 heteroatoms. The lowest BCUT2D eigenvalue weighted by Crippen LogP contribution is -2.20. The summed E-state index contributed by atoms with van der Waals surface area (Å²) in [5.41, 5.74) is 2.88. The second-order valence-electron chi connectivity index (χ2n) is 4.92. The van der Waals surface area contributed by atoms with Gasteiger partial charge in [-0.1, -0.05) is 11.6 Å². The lowest BCUT2D eigenvalue weighted by molar-refractivity contribution is 0.262. The van der Waals surface area contributed by atoms with Crippen molar-refractivity contribution in [2.75, 3.05) is 24.9 Å². The fraction of sp³-hybridized carbons (Fsp3) is 0.250. The predicted octanol–water partition coefficient (Wildman–Crippen LogP) is 4.01. The van der Waals surface area contributed by atoms with E-state index in [1.54, 1.807) is 38.6 Å². The number of hydrogen-bond donors (Lipinski definition) is 2. The van der Waals surface area contributed by atoms with Crippen LogP contribution in [0.4, 0.5) is 16.2 Å². The number of halogens is 1. The SMILES string of the molecule is COc1cc(C)c(NC(=O)Nc2cc(Cl)ncc2C)cc1OC. The lowest BCUT2D eigenvalue weighted by atomic mass is 10.1. The van der Waals surface area contributed by atoms with Gasteiger partial charge in [-0.15, -0.1) is 0 Å². The minimum absolute atomic E-state index is 0.313. The summed E-state index contributed by atoms with van der Waals surface area (Å²) in [5.74, 6) is 1.14. The van der Waals surface area contributed by atoms with Crippen LogP contribution in [-0.2, 0) is 0 Å². The van der Waals surface area contributed by atoms with Crippen molar-refractivity contribution in [2.45, 2.75) is 13.8 Å². The van der Waals surface area contributed by atoms with Crippen molar-refractivity contribution in [3.63, 3.8) is 0 Å². The lowest BCUT2D eigenvalue weighted by Gasteiger charge is -2.14. The molecule has 1 aromatic heterocycles. The number of aromatic nitrogens is 1. The Morgan fingerprint density at radius 2 is 1.57 bits per heavy atom. The van der Waals surface area contributed by atoms with Crippen LogP contribution in [0.15, 0.2) is 24.4 Å². The van der Waals surface area contributed by atoms with E-state index in [9.17, 15) is 4.79 Å². The number of hydrogen-bond acceptors (Lipinski definition) is 4. The molecule has 23 heavy (non-hydrogen) atoms. The fourth-order valence-electron chi connectivity index (χ4n) is 2.02. The van der Waals surface area contributed by atoms with Crippen LogP contribution in [0.25, 0.3) is 0 Å². The number of carbonyl (C=O) groups excluding carboxylic acids is 1. The van der Waals surface area contributed by atoms with Crippen LogP contribution >= 0.6 is 11.6 Å². The van der Waals surface area contributed by atoms with Crippen LogP contribution in [0.5, 0.6) is 11.5 Å². The van der Waals surface area contributed by atoms with Gasteiger partial charge in [0.2, 0.25) is 0 Å². The summed E-state index contributed by atoms with van der Waals surface area (Å²) < 4.78 is 10.5. The number of amides is 2. The second kappa shape index (κ2) is 7.19. The summed E-state index contributed by atoms with van der Waals surface area (Å²) in [7, 11) is 3.10. The number of aryl methyl sites for hydroxylation is 2. The Morgan fingerprint density at radius 3 is 2.17 bits per heavy atom. The molecule has 0 saturated carbocycles. The predicted molar refractivity (Wildman–Crippen MR) is 90.9 cm³/mol. The van der Waals surface area contributed by atoms with Crippen molar-refractivity contribution in [3.8, 4) is 11.5 Å². The minimum Gasteiger partial charge on any atom is -0.493 e. The van der Waals surface area contributed by atoms with Gasteiger partial charge in [0.05, 0.1) is 14.2 Å². The van der Waals surface area contributed by atoms with Gasteiger partial charge in [0.1, 0.15) is 5.15 Å². The topological polar surface area (TPSA) is 72.5 Å². The normalized spacial score (nSPS) is 10.1. The van der Waals surface area contributed by atoms with Crippen molar-refractivity contribution in [2.24, 2.45) is 0 Å². The van der Waals surface area contributed by atoms with E-state index in [0.717, 1.165) is 11.1 Å². The number of rotatable bonds is 4. The maximum Gasteiger partial charge on any atom is 0.323 e. The highest BCUT2D eigenvalue weighted by atomic mass is 35.5. The molecule has 1 aromatic carbocycles. The summed E-state index contributed by atoms with van der Waals surface area (Å²) in [6, 6.07) is 4.71. The molecule has 2 aromatic rings. The molecule has 6 nitrogen and oxygen atoms in total. The molecule has 0 fully saturated rings. The highest BCUT2D eigenvalue weighted by Gasteiger charge is 2.12. The van der Waals surface area contributed by atoms with Crippen LogP contribution in [0.1, 0.15) is 11.1 Å². The van der Waals surface area contributed by atoms with Crippen molar-refractivity contribution in [1.82, 2.24) is 4.98 Å². The van der Waals surface area contributed by atoms with Crippen LogP contribution in [0, 0.1) is 13.8 Å². The average Bonchev–Trinajstić information content (AvgIpc) is 2.52. The van der Waals surface area contributed by atoms with E-state index in [2.05, 4.69) is 15.6 Å². The third-order valence-corrected chi connectivity index (χ3v) is 3.50. The molecule has 0 aliphatic carbocycles. The molecule has 0 aliphatic heterocycles. The Kier molecular flexibility index (Phi) is 5.28. The number of nitrogens with one attached hydrogen (secondary N) is 2. The molecule has 0 atom stereocenters. The van der Waals surface area contributed by atoms with Crippen molar-refractivity contribution < 1.29 is 14.3 Å². The summed E-state index contributed by atoms with van der Waals surface area (Å²) in [5, 5.41) is 5.84. The summed E-state index contributed by atoms with van der Waals surface area (Å²) in [6.07, 6.45) is 1.60. The zero-order chi connectivity index (χ0) is 17.0. The number of methoxy groups -OCH3 is 2. The Labute approximate surface area is 139 Å². The molecule has 122 valence electrons. The maximum absolute atomic E-state index is 12.2. The molecule has 0 spiro atoms. The van der Waals surface area contributed by atoms with Gasteiger partial charge in [-0.3, -0.25) is 0 Å². The molecule has 0 bridgehead atoms. The molecule has 0 unspecified atom stereocenters. The first kappa shape index (κ1) is 16.9. The number of carbonyl (C=O) groups is 1. The molecule has 2 N–H and O–H groups in total.